The molecule has 2 N–H and O–H groups in total. The Bertz CT molecular complexity index is 368. The van der Waals surface area contributed by atoms with Gasteiger partial charge >= 0.3 is 0 Å². The molecule has 2 heterocycles. The molecule has 94 valence electrons. The molecule has 0 aromatic heterocycles. The Hall–Kier alpha value is -0.0951. The van der Waals surface area contributed by atoms with Gasteiger partial charge in [-0.2, -0.15) is 0 Å². The summed E-state index contributed by atoms with van der Waals surface area (Å²) in [6.45, 7) is 0.292. The second-order valence-corrected chi connectivity index (χ2v) is 6.32. The summed E-state index contributed by atoms with van der Waals surface area (Å²) in [7, 11) is 4.10. The summed E-state index contributed by atoms with van der Waals surface area (Å²) in [5, 5.41) is 0. The van der Waals surface area contributed by atoms with Crippen molar-refractivity contribution in [3.05, 3.63) is 11.9 Å². The summed E-state index contributed by atoms with van der Waals surface area (Å²) in [6.07, 6.45) is 4.98. The molecule has 4 unspecified atom stereocenters. The second-order valence-electron chi connectivity index (χ2n) is 4.45. The summed E-state index contributed by atoms with van der Waals surface area (Å²) >= 11 is 0. The topological polar surface area (TPSA) is 68.2 Å². The molecule has 0 aromatic carbocycles. The van der Waals surface area contributed by atoms with Crippen molar-refractivity contribution in [2.45, 2.75) is 30.2 Å². The van der Waals surface area contributed by atoms with Gasteiger partial charge in [0.15, 0.2) is 0 Å². The number of hydrogen-bond donors (Lipinski definition) is 2. The van der Waals surface area contributed by atoms with E-state index in [2.05, 4.69) is 6.30 Å². The summed E-state index contributed by atoms with van der Waals surface area (Å²) in [6, 6.07) is -0.437. The first-order chi connectivity index (χ1) is 7.86. The fourth-order valence-corrected chi connectivity index (χ4v) is 2.84. The largest absolute Gasteiger partial charge is 0.375 e. The predicted molar refractivity (Wildman–Crippen MR) is 66.1 cm³/mol. The molecule has 0 aliphatic carbocycles. The van der Waals surface area contributed by atoms with Gasteiger partial charge in [0.05, 0.1) is 12.7 Å². The highest BCUT2D eigenvalue weighted by molar-refractivity contribution is 7.65. The quantitative estimate of drug-likeness (QED) is 0.543. The van der Waals surface area contributed by atoms with Crippen LogP contribution in [0.4, 0.5) is 0 Å². The maximum Gasteiger partial charge on any atom is 0.138 e. The molecular weight excluding hydrogens is 242 g/mol. The van der Waals surface area contributed by atoms with Crippen LogP contribution in [0.3, 0.4) is 0 Å². The van der Waals surface area contributed by atoms with Crippen molar-refractivity contribution >= 4 is 21.5 Å². The third-order valence-corrected chi connectivity index (χ3v) is 3.65. The number of rotatable bonds is 3. The highest BCUT2D eigenvalue weighted by atomic mass is 31.2. The van der Waals surface area contributed by atoms with E-state index in [0.717, 1.165) is 0 Å². The van der Waals surface area contributed by atoms with Crippen LogP contribution in [-0.2, 0) is 14.2 Å². The predicted octanol–water partition coefficient (Wildman–Crippen LogP) is -0.168. The van der Waals surface area contributed by atoms with Crippen molar-refractivity contribution in [1.29, 1.82) is 0 Å². The molecule has 0 aromatic rings. The smallest absolute Gasteiger partial charge is 0.138 e. The van der Waals surface area contributed by atoms with E-state index in [4.69, 9.17) is 22.1 Å². The molecule has 4 atom stereocenters. The Kier molecular flexibility index (Phi) is 3.56. The van der Waals surface area contributed by atoms with E-state index in [9.17, 15) is 9.79 Å². The molecule has 0 saturated carbocycles. The number of hydrogen-bond acceptors (Lipinski definition) is 5. The number of ether oxygens (including phenoxy) is 3. The standard InChI is InChI=1S/C10H16BO5P/c1-14-9-7-5-8(11)16-10(9,6-15-7)3-4-17(2,12)13/h3-4,7-9,12-13H,2,5-6H2,1H3/b4-3+. The lowest BCUT2D eigenvalue weighted by Crippen LogP contribution is -2.53. The van der Waals surface area contributed by atoms with Gasteiger partial charge < -0.3 is 24.0 Å². The molecule has 5 nitrogen and oxygen atoms in total. The van der Waals surface area contributed by atoms with Crippen LogP contribution in [0.2, 0.25) is 0 Å². The van der Waals surface area contributed by atoms with E-state index in [1.54, 1.807) is 13.2 Å². The lowest BCUT2D eigenvalue weighted by atomic mass is 9.83. The third kappa shape index (κ3) is 2.68. The minimum atomic E-state index is -3.24. The minimum absolute atomic E-state index is 0.122. The summed E-state index contributed by atoms with van der Waals surface area (Å²) < 4.78 is 16.6. The first kappa shape index (κ1) is 13.3. The van der Waals surface area contributed by atoms with Crippen LogP contribution < -0.4 is 0 Å². The van der Waals surface area contributed by atoms with Crippen LogP contribution in [0.1, 0.15) is 6.42 Å². The zero-order valence-corrected chi connectivity index (χ0v) is 10.5. The Morgan fingerprint density at radius 2 is 2.29 bits per heavy atom. The van der Waals surface area contributed by atoms with E-state index >= 15 is 0 Å². The van der Waals surface area contributed by atoms with Gasteiger partial charge in [-0.15, -0.1) is 0 Å². The first-order valence-corrected chi connectivity index (χ1v) is 7.28. The average molecular weight is 258 g/mol. The highest BCUT2D eigenvalue weighted by Crippen LogP contribution is 2.43. The molecule has 0 amide bonds. The van der Waals surface area contributed by atoms with Crippen LogP contribution in [0, 0.1) is 0 Å². The third-order valence-electron chi connectivity index (χ3n) is 3.03. The van der Waals surface area contributed by atoms with Gasteiger partial charge in [-0.05, 0) is 24.6 Å². The van der Waals surface area contributed by atoms with E-state index in [1.165, 1.54) is 5.82 Å². The Balaban J connectivity index is 2.26. The number of methoxy groups -OCH3 is 1. The fourth-order valence-electron chi connectivity index (χ4n) is 2.35. The van der Waals surface area contributed by atoms with Gasteiger partial charge in [0.2, 0.25) is 0 Å². The van der Waals surface area contributed by atoms with E-state index in [-0.39, 0.29) is 12.2 Å². The van der Waals surface area contributed by atoms with Crippen LogP contribution >= 0.6 is 7.34 Å². The molecule has 2 radical (unpaired) electrons. The maximum absolute atomic E-state index is 9.30. The van der Waals surface area contributed by atoms with Gasteiger partial charge in [0, 0.05) is 13.1 Å². The highest BCUT2D eigenvalue weighted by Gasteiger charge is 2.54. The Labute approximate surface area is 102 Å². The summed E-state index contributed by atoms with van der Waals surface area (Å²) in [4.78, 5) is 18.6. The van der Waals surface area contributed by atoms with Crippen LogP contribution in [0.25, 0.3) is 0 Å². The van der Waals surface area contributed by atoms with Crippen molar-refractivity contribution < 1.29 is 24.0 Å². The lowest BCUT2D eigenvalue weighted by molar-refractivity contribution is -0.131. The van der Waals surface area contributed by atoms with Gasteiger partial charge in [-0.1, -0.05) is 0 Å². The van der Waals surface area contributed by atoms with E-state index in [0.29, 0.717) is 13.0 Å². The molecule has 7 heteroatoms. The van der Waals surface area contributed by atoms with Crippen LogP contribution in [-0.4, -0.2) is 61.5 Å². The van der Waals surface area contributed by atoms with Crippen molar-refractivity contribution in [3.8, 4) is 0 Å². The zero-order valence-electron chi connectivity index (χ0n) is 9.65. The Morgan fingerprint density at radius 3 is 2.88 bits per heavy atom. The minimum Gasteiger partial charge on any atom is -0.375 e. The molecule has 2 bridgehead atoms. The van der Waals surface area contributed by atoms with E-state index < -0.39 is 18.9 Å². The average Bonchev–Trinajstić information content (AvgIpc) is 2.44. The van der Waals surface area contributed by atoms with Gasteiger partial charge in [0.1, 0.15) is 26.9 Å². The van der Waals surface area contributed by atoms with E-state index in [1.807, 2.05) is 0 Å². The van der Waals surface area contributed by atoms with Crippen molar-refractivity contribution in [1.82, 2.24) is 0 Å². The second kappa shape index (κ2) is 4.54. The SMILES string of the molecule is [B]C1CC2OCC(/C=C/P(=C)(O)O)(O1)C2OC. The molecule has 2 aliphatic rings. The van der Waals surface area contributed by atoms with Crippen molar-refractivity contribution in [3.63, 3.8) is 0 Å². The fraction of sp³-hybridized carbons (Fsp3) is 0.700. The molecule has 2 fully saturated rings. The Morgan fingerprint density at radius 1 is 1.59 bits per heavy atom. The van der Waals surface area contributed by atoms with Gasteiger partial charge in [-0.25, -0.2) is 0 Å². The van der Waals surface area contributed by atoms with Gasteiger partial charge in [0.25, 0.3) is 0 Å². The monoisotopic (exact) mass is 258 g/mol. The zero-order chi connectivity index (χ0) is 12.7. The lowest BCUT2D eigenvalue weighted by Gasteiger charge is -2.39. The van der Waals surface area contributed by atoms with Crippen LogP contribution in [0.5, 0.6) is 0 Å². The first-order valence-electron chi connectivity index (χ1n) is 5.33. The normalized spacial score (nSPS) is 42.2. The van der Waals surface area contributed by atoms with Crippen molar-refractivity contribution in [2.75, 3.05) is 13.7 Å². The number of fused-ring (bicyclic) bond motifs is 2. The maximum atomic E-state index is 9.30. The molecular formula is C10H16BO5P. The van der Waals surface area contributed by atoms with Crippen LogP contribution in [0.15, 0.2) is 11.9 Å². The van der Waals surface area contributed by atoms with Gasteiger partial charge in [-0.3, -0.25) is 0 Å². The molecule has 2 aliphatic heterocycles. The molecule has 2 rings (SSSR count). The van der Waals surface area contributed by atoms with Crippen molar-refractivity contribution in [2.24, 2.45) is 0 Å². The molecule has 0 spiro atoms. The molecule has 17 heavy (non-hydrogen) atoms. The molecule has 2 saturated heterocycles. The summed E-state index contributed by atoms with van der Waals surface area (Å²) in [5.74, 6) is 1.25. The summed E-state index contributed by atoms with van der Waals surface area (Å²) in [5.41, 5.74) is -0.842.